The molecule has 144 valence electrons. The number of nitrogens with zero attached hydrogens (tertiary/aromatic N) is 3. The minimum Gasteiger partial charge on any atom is -0.495 e. The largest absolute Gasteiger partial charge is 0.495 e. The van der Waals surface area contributed by atoms with E-state index < -0.39 is 0 Å². The van der Waals surface area contributed by atoms with E-state index in [1.54, 1.807) is 42.6 Å². The average Bonchev–Trinajstić information content (AvgIpc) is 2.77. The van der Waals surface area contributed by atoms with Gasteiger partial charge in [0.15, 0.2) is 0 Å². The number of fused-ring (bicyclic) bond motifs is 1. The first-order valence-electron chi connectivity index (χ1n) is 9.17. The summed E-state index contributed by atoms with van der Waals surface area (Å²) in [7, 11) is 1.58. The summed E-state index contributed by atoms with van der Waals surface area (Å²) < 4.78 is 5.40. The normalized spacial score (nSPS) is 12.6. The van der Waals surface area contributed by atoms with E-state index in [1.165, 1.54) is 0 Å². The van der Waals surface area contributed by atoms with E-state index in [9.17, 15) is 4.79 Å². The van der Waals surface area contributed by atoms with Gasteiger partial charge in [-0.05, 0) is 47.9 Å². The van der Waals surface area contributed by atoms with Crippen LogP contribution in [0.5, 0.6) is 5.75 Å². The number of pyridine rings is 2. The standard InChI is InChI=1S/C23H18ClN3O2/c1-29-22-8-6-17(12-16(22)5-7-20-4-2-3-10-25-20)23(28)27-11-9-21-18(15-27)13-19(24)14-26-21/h2-4,6,8,10,12-14H,9,11,15H2,1H3. The number of aromatic nitrogens is 2. The Morgan fingerprint density at radius 2 is 2.07 bits per heavy atom. The number of ether oxygens (including phenoxy) is 1. The molecule has 6 heteroatoms. The van der Waals surface area contributed by atoms with Gasteiger partial charge in [-0.25, -0.2) is 4.98 Å². The maximum Gasteiger partial charge on any atom is 0.254 e. The topological polar surface area (TPSA) is 55.3 Å². The van der Waals surface area contributed by atoms with E-state index in [2.05, 4.69) is 21.8 Å². The molecule has 0 saturated heterocycles. The molecule has 2 aromatic heterocycles. The van der Waals surface area contributed by atoms with E-state index in [0.717, 1.165) is 11.3 Å². The van der Waals surface area contributed by atoms with Crippen molar-refractivity contribution in [2.24, 2.45) is 0 Å². The third-order valence-electron chi connectivity index (χ3n) is 4.73. The van der Waals surface area contributed by atoms with Crippen LogP contribution >= 0.6 is 11.6 Å². The van der Waals surface area contributed by atoms with Crippen LogP contribution in [0.1, 0.15) is 32.9 Å². The maximum atomic E-state index is 13.1. The van der Waals surface area contributed by atoms with Gasteiger partial charge in [0, 0.05) is 43.2 Å². The predicted octanol–water partition coefficient (Wildman–Crippen LogP) is 3.74. The molecule has 0 saturated carbocycles. The molecule has 0 bridgehead atoms. The molecule has 0 spiro atoms. The third-order valence-corrected chi connectivity index (χ3v) is 4.94. The smallest absolute Gasteiger partial charge is 0.254 e. The Morgan fingerprint density at radius 3 is 2.86 bits per heavy atom. The highest BCUT2D eigenvalue weighted by molar-refractivity contribution is 6.30. The molecule has 4 rings (SSSR count). The first-order chi connectivity index (χ1) is 14.1. The van der Waals surface area contributed by atoms with Gasteiger partial charge in [-0.15, -0.1) is 0 Å². The molecule has 29 heavy (non-hydrogen) atoms. The lowest BCUT2D eigenvalue weighted by Gasteiger charge is -2.28. The van der Waals surface area contributed by atoms with Crippen LogP contribution in [0.25, 0.3) is 0 Å². The first kappa shape index (κ1) is 19.0. The summed E-state index contributed by atoms with van der Waals surface area (Å²) >= 11 is 6.06. The lowest BCUT2D eigenvalue weighted by atomic mass is 10.0. The molecule has 0 radical (unpaired) electrons. The van der Waals surface area contributed by atoms with Crippen molar-refractivity contribution in [1.82, 2.24) is 14.9 Å². The van der Waals surface area contributed by atoms with Crippen LogP contribution < -0.4 is 4.74 Å². The average molecular weight is 404 g/mol. The van der Waals surface area contributed by atoms with Crippen LogP contribution in [0.2, 0.25) is 5.02 Å². The minimum atomic E-state index is -0.0563. The molecule has 0 aliphatic carbocycles. The molecule has 0 N–H and O–H groups in total. The number of carbonyl (C=O) groups excluding carboxylic acids is 1. The lowest BCUT2D eigenvalue weighted by molar-refractivity contribution is 0.0733. The Kier molecular flexibility index (Phi) is 5.46. The van der Waals surface area contributed by atoms with Crippen molar-refractivity contribution >= 4 is 17.5 Å². The van der Waals surface area contributed by atoms with E-state index in [0.29, 0.717) is 47.1 Å². The molecule has 1 aromatic carbocycles. The lowest BCUT2D eigenvalue weighted by Crippen LogP contribution is -2.36. The molecule has 1 aliphatic heterocycles. The zero-order valence-electron chi connectivity index (χ0n) is 15.9. The summed E-state index contributed by atoms with van der Waals surface area (Å²) in [5.74, 6) is 6.64. The molecule has 3 heterocycles. The van der Waals surface area contributed by atoms with Gasteiger partial charge in [0.05, 0.1) is 17.7 Å². The van der Waals surface area contributed by atoms with E-state index >= 15 is 0 Å². The Labute approximate surface area is 174 Å². The molecule has 1 aliphatic rings. The summed E-state index contributed by atoms with van der Waals surface area (Å²) in [6, 6.07) is 12.7. The molecule has 0 fully saturated rings. The number of methoxy groups -OCH3 is 1. The molecular weight excluding hydrogens is 386 g/mol. The van der Waals surface area contributed by atoms with E-state index in [-0.39, 0.29) is 5.91 Å². The fourth-order valence-corrected chi connectivity index (χ4v) is 3.44. The van der Waals surface area contributed by atoms with Crippen molar-refractivity contribution in [3.8, 4) is 17.6 Å². The number of rotatable bonds is 2. The van der Waals surface area contributed by atoms with Gasteiger partial charge in [-0.1, -0.05) is 23.6 Å². The third kappa shape index (κ3) is 4.23. The molecule has 0 atom stereocenters. The van der Waals surface area contributed by atoms with E-state index in [1.807, 2.05) is 24.3 Å². The summed E-state index contributed by atoms with van der Waals surface area (Å²) in [5.41, 5.74) is 3.85. The fraction of sp³-hybridized carbons (Fsp3) is 0.174. The van der Waals surface area contributed by atoms with Crippen molar-refractivity contribution in [1.29, 1.82) is 0 Å². The van der Waals surface area contributed by atoms with Crippen molar-refractivity contribution in [2.45, 2.75) is 13.0 Å². The number of hydrogen-bond acceptors (Lipinski definition) is 4. The van der Waals surface area contributed by atoms with Crippen LogP contribution in [0, 0.1) is 11.8 Å². The van der Waals surface area contributed by atoms with Gasteiger partial charge in [0.1, 0.15) is 11.4 Å². The second-order valence-electron chi connectivity index (χ2n) is 6.62. The number of halogens is 1. The second-order valence-corrected chi connectivity index (χ2v) is 7.05. The number of carbonyl (C=O) groups is 1. The summed E-state index contributed by atoms with van der Waals surface area (Å²) in [6.07, 6.45) is 4.05. The fourth-order valence-electron chi connectivity index (χ4n) is 3.26. The second kappa shape index (κ2) is 8.34. The Balaban J connectivity index is 1.60. The van der Waals surface area contributed by atoms with Gasteiger partial charge in [-0.3, -0.25) is 9.78 Å². The van der Waals surface area contributed by atoms with Gasteiger partial charge in [0.25, 0.3) is 5.91 Å². The summed E-state index contributed by atoms with van der Waals surface area (Å²) in [6.45, 7) is 1.10. The van der Waals surface area contributed by atoms with Gasteiger partial charge in [-0.2, -0.15) is 0 Å². The predicted molar refractivity (Wildman–Crippen MR) is 111 cm³/mol. The highest BCUT2D eigenvalue weighted by atomic mass is 35.5. The van der Waals surface area contributed by atoms with Crippen molar-refractivity contribution in [3.05, 3.63) is 88.0 Å². The Morgan fingerprint density at radius 1 is 1.17 bits per heavy atom. The van der Waals surface area contributed by atoms with Crippen LogP contribution in [0.15, 0.2) is 54.9 Å². The Hall–Kier alpha value is -3.36. The quantitative estimate of drug-likeness (QED) is 0.612. The maximum absolute atomic E-state index is 13.1. The first-order valence-corrected chi connectivity index (χ1v) is 9.55. The van der Waals surface area contributed by atoms with Crippen LogP contribution in [-0.4, -0.2) is 34.4 Å². The van der Waals surface area contributed by atoms with Crippen molar-refractivity contribution < 1.29 is 9.53 Å². The van der Waals surface area contributed by atoms with Crippen molar-refractivity contribution in [3.63, 3.8) is 0 Å². The highest BCUT2D eigenvalue weighted by Gasteiger charge is 2.23. The molecule has 5 nitrogen and oxygen atoms in total. The van der Waals surface area contributed by atoms with Crippen LogP contribution in [0.3, 0.4) is 0 Å². The number of amides is 1. The number of benzene rings is 1. The SMILES string of the molecule is COc1ccc(C(=O)N2CCc3ncc(Cl)cc3C2)cc1C#Cc1ccccn1. The summed E-state index contributed by atoms with van der Waals surface area (Å²) in [5, 5.41) is 0.578. The van der Waals surface area contributed by atoms with Gasteiger partial charge >= 0.3 is 0 Å². The molecular formula is C23H18ClN3O2. The van der Waals surface area contributed by atoms with Crippen molar-refractivity contribution in [2.75, 3.05) is 13.7 Å². The zero-order chi connectivity index (χ0) is 20.2. The van der Waals surface area contributed by atoms with Gasteiger partial charge < -0.3 is 9.64 Å². The molecule has 3 aromatic rings. The Bertz CT molecular complexity index is 1120. The van der Waals surface area contributed by atoms with Gasteiger partial charge in [0.2, 0.25) is 0 Å². The monoisotopic (exact) mass is 403 g/mol. The minimum absolute atomic E-state index is 0.0563. The summed E-state index contributed by atoms with van der Waals surface area (Å²) in [4.78, 5) is 23.5. The molecule has 0 unspecified atom stereocenters. The highest BCUT2D eigenvalue weighted by Crippen LogP contribution is 2.24. The number of hydrogen-bond donors (Lipinski definition) is 0. The van der Waals surface area contributed by atoms with Crippen LogP contribution in [0.4, 0.5) is 0 Å². The van der Waals surface area contributed by atoms with Crippen LogP contribution in [-0.2, 0) is 13.0 Å². The van der Waals surface area contributed by atoms with E-state index in [4.69, 9.17) is 16.3 Å². The zero-order valence-corrected chi connectivity index (χ0v) is 16.6. The molecule has 1 amide bonds.